The van der Waals surface area contributed by atoms with Crippen LogP contribution >= 0.6 is 0 Å². The predicted molar refractivity (Wildman–Crippen MR) is 77.3 cm³/mol. The Balaban J connectivity index is 1.72. The summed E-state index contributed by atoms with van der Waals surface area (Å²) in [6.07, 6.45) is 3.35. The average molecular weight is 273 g/mol. The van der Waals surface area contributed by atoms with Crippen LogP contribution in [0, 0.1) is 5.82 Å². The Bertz CT molecular complexity index is 542. The molecule has 3 heterocycles. The fraction of sp³-hybridized carbons (Fsp3) is 0.286. The number of aromatic nitrogens is 2. The third-order valence-corrected chi connectivity index (χ3v) is 3.43. The predicted octanol–water partition coefficient (Wildman–Crippen LogP) is 1.52. The Labute approximate surface area is 116 Å². The topological polar surface area (TPSA) is 58.3 Å². The number of piperazine rings is 1. The minimum atomic E-state index is -0.279. The Kier molecular flexibility index (Phi) is 3.37. The molecule has 6 heteroatoms. The van der Waals surface area contributed by atoms with E-state index in [-0.39, 0.29) is 5.82 Å². The lowest BCUT2D eigenvalue weighted by atomic mass is 10.2. The first-order chi connectivity index (χ1) is 9.75. The number of nitrogen functional groups attached to an aromatic ring is 1. The maximum Gasteiger partial charge on any atom is 0.165 e. The van der Waals surface area contributed by atoms with Gasteiger partial charge >= 0.3 is 0 Å². The minimum absolute atomic E-state index is 0.279. The molecule has 0 saturated carbocycles. The summed E-state index contributed by atoms with van der Waals surface area (Å²) in [6.45, 7) is 2.89. The van der Waals surface area contributed by atoms with Gasteiger partial charge < -0.3 is 15.5 Å². The quantitative estimate of drug-likeness (QED) is 0.899. The fourth-order valence-corrected chi connectivity index (χ4v) is 2.41. The third-order valence-electron chi connectivity index (χ3n) is 3.43. The van der Waals surface area contributed by atoms with E-state index in [1.165, 1.54) is 6.07 Å². The van der Waals surface area contributed by atoms with Crippen molar-refractivity contribution in [1.29, 1.82) is 0 Å². The molecule has 0 amide bonds. The van der Waals surface area contributed by atoms with Crippen LogP contribution in [0.25, 0.3) is 0 Å². The third kappa shape index (κ3) is 2.36. The molecule has 0 unspecified atom stereocenters. The number of nitrogens with two attached hydrogens (primary N) is 1. The molecule has 2 aromatic rings. The molecular formula is C14H16FN5. The second-order valence-electron chi connectivity index (χ2n) is 4.70. The molecule has 3 rings (SSSR count). The van der Waals surface area contributed by atoms with Gasteiger partial charge in [-0.2, -0.15) is 0 Å². The van der Waals surface area contributed by atoms with Crippen LogP contribution in [0.1, 0.15) is 0 Å². The number of hydrogen-bond acceptors (Lipinski definition) is 5. The van der Waals surface area contributed by atoms with E-state index in [0.29, 0.717) is 24.6 Å². The van der Waals surface area contributed by atoms with Crippen LogP contribution < -0.4 is 15.5 Å². The monoisotopic (exact) mass is 273 g/mol. The molecule has 20 heavy (non-hydrogen) atoms. The van der Waals surface area contributed by atoms with Crippen molar-refractivity contribution in [3.8, 4) is 0 Å². The van der Waals surface area contributed by atoms with Gasteiger partial charge in [0.15, 0.2) is 17.5 Å². The number of hydrogen-bond donors (Lipinski definition) is 1. The number of nitrogens with zero attached hydrogens (tertiary/aromatic N) is 4. The Morgan fingerprint density at radius 1 is 0.900 bits per heavy atom. The summed E-state index contributed by atoms with van der Waals surface area (Å²) in [5.74, 6) is 0.938. The Morgan fingerprint density at radius 2 is 1.45 bits per heavy atom. The highest BCUT2D eigenvalue weighted by Crippen LogP contribution is 2.23. The molecule has 1 aliphatic rings. The van der Waals surface area contributed by atoms with Crippen molar-refractivity contribution in [3.05, 3.63) is 42.5 Å². The van der Waals surface area contributed by atoms with Crippen LogP contribution in [0.5, 0.6) is 0 Å². The molecule has 1 aliphatic heterocycles. The van der Waals surface area contributed by atoms with E-state index in [4.69, 9.17) is 5.73 Å². The highest BCUT2D eigenvalue weighted by Gasteiger charge is 2.21. The first-order valence-corrected chi connectivity index (χ1v) is 6.56. The lowest BCUT2D eigenvalue weighted by molar-refractivity contribution is 0.587. The molecule has 1 fully saturated rings. The Morgan fingerprint density at radius 3 is 2.05 bits per heavy atom. The van der Waals surface area contributed by atoms with Gasteiger partial charge in [0.1, 0.15) is 0 Å². The smallest absolute Gasteiger partial charge is 0.165 e. The molecule has 0 bridgehead atoms. The maximum atomic E-state index is 13.7. The summed E-state index contributed by atoms with van der Waals surface area (Å²) >= 11 is 0. The van der Waals surface area contributed by atoms with Gasteiger partial charge in [-0.05, 0) is 24.3 Å². The van der Waals surface area contributed by atoms with Gasteiger partial charge in [0.25, 0.3) is 0 Å². The normalized spacial score (nSPS) is 15.4. The molecule has 0 spiro atoms. The molecule has 1 saturated heterocycles. The number of pyridine rings is 2. The van der Waals surface area contributed by atoms with Crippen molar-refractivity contribution in [2.24, 2.45) is 0 Å². The number of rotatable bonds is 2. The van der Waals surface area contributed by atoms with Crippen molar-refractivity contribution in [3.63, 3.8) is 0 Å². The van der Waals surface area contributed by atoms with E-state index in [9.17, 15) is 4.39 Å². The number of halogens is 1. The first-order valence-electron chi connectivity index (χ1n) is 6.56. The van der Waals surface area contributed by atoms with Gasteiger partial charge in [-0.15, -0.1) is 0 Å². The zero-order valence-electron chi connectivity index (χ0n) is 11.0. The van der Waals surface area contributed by atoms with Crippen molar-refractivity contribution in [2.45, 2.75) is 0 Å². The van der Waals surface area contributed by atoms with Gasteiger partial charge in [-0.25, -0.2) is 14.4 Å². The SMILES string of the molecule is Nc1cccnc1N1CCN(c2ncccc2F)CC1. The van der Waals surface area contributed by atoms with E-state index >= 15 is 0 Å². The lowest BCUT2D eigenvalue weighted by Gasteiger charge is -2.36. The van der Waals surface area contributed by atoms with E-state index in [2.05, 4.69) is 14.9 Å². The van der Waals surface area contributed by atoms with Crippen molar-refractivity contribution < 1.29 is 4.39 Å². The van der Waals surface area contributed by atoms with Gasteiger partial charge in [0.05, 0.1) is 5.69 Å². The first kappa shape index (κ1) is 12.7. The van der Waals surface area contributed by atoms with Gasteiger partial charge in [-0.3, -0.25) is 0 Å². The highest BCUT2D eigenvalue weighted by atomic mass is 19.1. The van der Waals surface area contributed by atoms with E-state index in [1.54, 1.807) is 18.5 Å². The van der Waals surface area contributed by atoms with Crippen LogP contribution in [0.4, 0.5) is 21.7 Å². The molecule has 2 aromatic heterocycles. The zero-order valence-corrected chi connectivity index (χ0v) is 11.0. The molecular weight excluding hydrogens is 257 g/mol. The lowest BCUT2D eigenvalue weighted by Crippen LogP contribution is -2.47. The maximum absolute atomic E-state index is 13.7. The van der Waals surface area contributed by atoms with E-state index in [1.807, 2.05) is 17.0 Å². The van der Waals surface area contributed by atoms with Crippen molar-refractivity contribution in [2.75, 3.05) is 41.7 Å². The van der Waals surface area contributed by atoms with Gasteiger partial charge in [0.2, 0.25) is 0 Å². The summed E-state index contributed by atoms with van der Waals surface area (Å²) in [5, 5.41) is 0. The van der Waals surface area contributed by atoms with E-state index in [0.717, 1.165) is 18.9 Å². The van der Waals surface area contributed by atoms with Crippen molar-refractivity contribution in [1.82, 2.24) is 9.97 Å². The summed E-state index contributed by atoms with van der Waals surface area (Å²) < 4.78 is 13.7. The standard InChI is InChI=1S/C14H16FN5/c15-11-3-1-5-17-13(11)19-7-9-20(10-8-19)14-12(16)4-2-6-18-14/h1-6H,7-10,16H2. The molecule has 0 aromatic carbocycles. The molecule has 5 nitrogen and oxygen atoms in total. The molecule has 0 atom stereocenters. The van der Waals surface area contributed by atoms with Crippen LogP contribution in [-0.4, -0.2) is 36.1 Å². The van der Waals surface area contributed by atoms with Gasteiger partial charge in [0, 0.05) is 38.6 Å². The second kappa shape index (κ2) is 5.32. The van der Waals surface area contributed by atoms with Crippen LogP contribution in [0.15, 0.2) is 36.7 Å². The van der Waals surface area contributed by atoms with Crippen LogP contribution in [0.2, 0.25) is 0 Å². The number of anilines is 3. The minimum Gasteiger partial charge on any atom is -0.396 e. The van der Waals surface area contributed by atoms with E-state index < -0.39 is 0 Å². The summed E-state index contributed by atoms with van der Waals surface area (Å²) in [4.78, 5) is 12.5. The second-order valence-corrected chi connectivity index (χ2v) is 4.70. The fourth-order valence-electron chi connectivity index (χ4n) is 2.41. The summed E-state index contributed by atoms with van der Waals surface area (Å²) in [6, 6.07) is 6.70. The average Bonchev–Trinajstić information content (AvgIpc) is 2.49. The molecule has 0 radical (unpaired) electrons. The summed E-state index contributed by atoms with van der Waals surface area (Å²) in [7, 11) is 0. The van der Waals surface area contributed by atoms with Gasteiger partial charge in [-0.1, -0.05) is 0 Å². The molecule has 0 aliphatic carbocycles. The Hall–Kier alpha value is -2.37. The van der Waals surface area contributed by atoms with Crippen LogP contribution in [-0.2, 0) is 0 Å². The highest BCUT2D eigenvalue weighted by molar-refractivity contribution is 5.62. The van der Waals surface area contributed by atoms with Crippen LogP contribution in [0.3, 0.4) is 0 Å². The summed E-state index contributed by atoms with van der Waals surface area (Å²) in [5.41, 5.74) is 6.60. The van der Waals surface area contributed by atoms with Crippen molar-refractivity contribution >= 4 is 17.3 Å². The molecule has 104 valence electrons. The zero-order chi connectivity index (χ0) is 13.9. The molecule has 2 N–H and O–H groups in total. The largest absolute Gasteiger partial charge is 0.396 e.